The molecule has 32 heavy (non-hydrogen) atoms. The number of nitrogens with one attached hydrogen (secondary N) is 1. The zero-order chi connectivity index (χ0) is 22.5. The second-order valence-corrected chi connectivity index (χ2v) is 8.67. The Morgan fingerprint density at radius 3 is 2.69 bits per heavy atom. The van der Waals surface area contributed by atoms with E-state index in [2.05, 4.69) is 10.3 Å². The van der Waals surface area contributed by atoms with Crippen LogP contribution in [0.4, 0.5) is 5.69 Å². The summed E-state index contributed by atoms with van der Waals surface area (Å²) in [4.78, 5) is 30.4. The van der Waals surface area contributed by atoms with Crippen molar-refractivity contribution in [2.24, 2.45) is 0 Å². The number of ether oxygens (including phenoxy) is 2. The van der Waals surface area contributed by atoms with Gasteiger partial charge in [-0.2, -0.15) is 0 Å². The average molecular weight is 468 g/mol. The number of amides is 1. The topological polar surface area (TPSA) is 82.5 Å². The maximum absolute atomic E-state index is 13.1. The molecular weight excluding hydrogens is 446 g/mol. The van der Waals surface area contributed by atoms with Gasteiger partial charge in [-0.3, -0.25) is 14.2 Å². The normalized spacial score (nSPS) is 10.8. The Balaban J connectivity index is 1.57. The van der Waals surface area contributed by atoms with Gasteiger partial charge in [0, 0.05) is 6.07 Å². The number of aromatic nitrogens is 2. The standard InChI is InChI=1S/C23H21N3O4S2/c1-29-16-8-9-19(30-2)18(12-16)24-20(27)14-32-23-25-17-10-11-31-21(17)22(28)26(23)13-15-6-4-3-5-7-15/h3-12H,13-14H2,1-2H3,(H,24,27). The van der Waals surface area contributed by atoms with E-state index < -0.39 is 0 Å². The Labute approximate surface area is 193 Å². The van der Waals surface area contributed by atoms with Gasteiger partial charge < -0.3 is 14.8 Å². The summed E-state index contributed by atoms with van der Waals surface area (Å²) in [7, 11) is 3.09. The second kappa shape index (κ2) is 9.88. The van der Waals surface area contributed by atoms with Gasteiger partial charge in [-0.1, -0.05) is 42.1 Å². The Kier molecular flexibility index (Phi) is 6.77. The molecule has 7 nitrogen and oxygen atoms in total. The highest BCUT2D eigenvalue weighted by Gasteiger charge is 2.16. The fraction of sp³-hybridized carbons (Fsp3) is 0.174. The molecule has 164 valence electrons. The lowest BCUT2D eigenvalue weighted by molar-refractivity contribution is -0.113. The van der Waals surface area contributed by atoms with Crippen LogP contribution in [0, 0.1) is 0 Å². The molecule has 0 radical (unpaired) electrons. The highest BCUT2D eigenvalue weighted by molar-refractivity contribution is 7.99. The van der Waals surface area contributed by atoms with E-state index in [1.165, 1.54) is 30.2 Å². The first-order chi connectivity index (χ1) is 15.6. The number of benzene rings is 2. The van der Waals surface area contributed by atoms with Gasteiger partial charge in [-0.15, -0.1) is 11.3 Å². The minimum Gasteiger partial charge on any atom is -0.497 e. The van der Waals surface area contributed by atoms with Crippen molar-refractivity contribution in [2.45, 2.75) is 11.7 Å². The first-order valence-electron chi connectivity index (χ1n) is 9.75. The van der Waals surface area contributed by atoms with E-state index in [0.717, 1.165) is 5.56 Å². The van der Waals surface area contributed by atoms with E-state index in [1.807, 2.05) is 41.8 Å². The molecule has 0 atom stereocenters. The predicted molar refractivity (Wildman–Crippen MR) is 128 cm³/mol. The lowest BCUT2D eigenvalue weighted by Gasteiger charge is -2.13. The number of thioether (sulfide) groups is 1. The zero-order valence-corrected chi connectivity index (χ0v) is 19.2. The summed E-state index contributed by atoms with van der Waals surface area (Å²) in [5, 5.41) is 5.19. The number of thiophene rings is 1. The predicted octanol–water partition coefficient (Wildman–Crippen LogP) is 4.25. The van der Waals surface area contributed by atoms with Gasteiger partial charge in [-0.25, -0.2) is 4.98 Å². The largest absolute Gasteiger partial charge is 0.497 e. The number of hydrogen-bond donors (Lipinski definition) is 1. The molecule has 0 bridgehead atoms. The smallest absolute Gasteiger partial charge is 0.272 e. The molecule has 0 aliphatic rings. The SMILES string of the molecule is COc1ccc(OC)c(NC(=O)CSc2nc3ccsc3c(=O)n2Cc2ccccc2)c1. The molecule has 4 aromatic rings. The first-order valence-corrected chi connectivity index (χ1v) is 11.6. The third kappa shape index (κ3) is 4.79. The van der Waals surface area contributed by atoms with Crippen molar-refractivity contribution in [1.82, 2.24) is 9.55 Å². The molecule has 2 aromatic heterocycles. The van der Waals surface area contributed by atoms with Crippen LogP contribution in [0.5, 0.6) is 11.5 Å². The van der Waals surface area contributed by atoms with E-state index in [0.29, 0.717) is 39.1 Å². The molecular formula is C23H21N3O4S2. The first kappa shape index (κ1) is 21.9. The second-order valence-electron chi connectivity index (χ2n) is 6.81. The maximum Gasteiger partial charge on any atom is 0.272 e. The number of hydrogen-bond acceptors (Lipinski definition) is 7. The summed E-state index contributed by atoms with van der Waals surface area (Å²) in [5.74, 6) is 0.975. The van der Waals surface area contributed by atoms with Crippen molar-refractivity contribution in [3.8, 4) is 11.5 Å². The lowest BCUT2D eigenvalue weighted by atomic mass is 10.2. The number of anilines is 1. The zero-order valence-electron chi connectivity index (χ0n) is 17.5. The maximum atomic E-state index is 13.1. The average Bonchev–Trinajstić information content (AvgIpc) is 3.29. The molecule has 0 spiro atoms. The molecule has 0 fully saturated rings. The van der Waals surface area contributed by atoms with E-state index in [4.69, 9.17) is 9.47 Å². The summed E-state index contributed by atoms with van der Waals surface area (Å²) >= 11 is 2.59. The van der Waals surface area contributed by atoms with Crippen molar-refractivity contribution < 1.29 is 14.3 Å². The van der Waals surface area contributed by atoms with Crippen molar-refractivity contribution in [3.05, 3.63) is 75.9 Å². The van der Waals surface area contributed by atoms with Crippen LogP contribution in [-0.4, -0.2) is 35.4 Å². The van der Waals surface area contributed by atoms with Crippen LogP contribution in [0.1, 0.15) is 5.56 Å². The van der Waals surface area contributed by atoms with Crippen LogP contribution in [0.15, 0.2) is 69.9 Å². The molecule has 2 aromatic carbocycles. The van der Waals surface area contributed by atoms with Gasteiger partial charge in [-0.05, 0) is 29.1 Å². The van der Waals surface area contributed by atoms with Gasteiger partial charge >= 0.3 is 0 Å². The molecule has 0 aliphatic heterocycles. The van der Waals surface area contributed by atoms with Gasteiger partial charge in [0.2, 0.25) is 5.91 Å². The number of carbonyl (C=O) groups is 1. The van der Waals surface area contributed by atoms with Crippen LogP contribution in [-0.2, 0) is 11.3 Å². The Morgan fingerprint density at radius 1 is 1.12 bits per heavy atom. The third-order valence-corrected chi connectivity index (χ3v) is 6.60. The number of methoxy groups -OCH3 is 2. The highest BCUT2D eigenvalue weighted by Crippen LogP contribution is 2.29. The van der Waals surface area contributed by atoms with Crippen molar-refractivity contribution in [2.75, 3.05) is 25.3 Å². The van der Waals surface area contributed by atoms with Crippen LogP contribution < -0.4 is 20.3 Å². The fourth-order valence-electron chi connectivity index (χ4n) is 3.17. The number of carbonyl (C=O) groups excluding carboxylic acids is 1. The summed E-state index contributed by atoms with van der Waals surface area (Å²) in [6, 6.07) is 16.7. The van der Waals surface area contributed by atoms with Gasteiger partial charge in [0.25, 0.3) is 5.56 Å². The molecule has 1 amide bonds. The Hall–Kier alpha value is -3.30. The van der Waals surface area contributed by atoms with E-state index in [1.54, 1.807) is 29.9 Å². The molecule has 2 heterocycles. The van der Waals surface area contributed by atoms with Crippen LogP contribution in [0.3, 0.4) is 0 Å². The van der Waals surface area contributed by atoms with Crippen molar-refractivity contribution >= 4 is 44.9 Å². The molecule has 9 heteroatoms. The monoisotopic (exact) mass is 467 g/mol. The van der Waals surface area contributed by atoms with Crippen molar-refractivity contribution in [3.63, 3.8) is 0 Å². The van der Waals surface area contributed by atoms with Crippen LogP contribution >= 0.6 is 23.1 Å². The van der Waals surface area contributed by atoms with Gasteiger partial charge in [0.15, 0.2) is 5.16 Å². The molecule has 0 unspecified atom stereocenters. The summed E-state index contributed by atoms with van der Waals surface area (Å²) in [5.41, 5.74) is 2.04. The molecule has 4 rings (SSSR count). The number of nitrogens with zero attached hydrogens (tertiary/aromatic N) is 2. The van der Waals surface area contributed by atoms with Gasteiger partial charge in [0.05, 0.1) is 37.7 Å². The van der Waals surface area contributed by atoms with Crippen LogP contribution in [0.2, 0.25) is 0 Å². The van der Waals surface area contributed by atoms with Crippen LogP contribution in [0.25, 0.3) is 10.2 Å². The molecule has 0 aliphatic carbocycles. The Bertz CT molecular complexity index is 1300. The summed E-state index contributed by atoms with van der Waals surface area (Å²) in [6.07, 6.45) is 0. The molecule has 1 N–H and O–H groups in total. The molecule has 0 saturated heterocycles. The van der Waals surface area contributed by atoms with E-state index >= 15 is 0 Å². The van der Waals surface area contributed by atoms with E-state index in [9.17, 15) is 9.59 Å². The number of fused-ring (bicyclic) bond motifs is 1. The van der Waals surface area contributed by atoms with Gasteiger partial charge in [0.1, 0.15) is 16.2 Å². The summed E-state index contributed by atoms with van der Waals surface area (Å²) < 4.78 is 12.8. The lowest BCUT2D eigenvalue weighted by Crippen LogP contribution is -2.24. The molecule has 0 saturated carbocycles. The fourth-order valence-corrected chi connectivity index (χ4v) is 4.74. The van der Waals surface area contributed by atoms with Crippen molar-refractivity contribution in [1.29, 1.82) is 0 Å². The summed E-state index contributed by atoms with van der Waals surface area (Å²) in [6.45, 7) is 0.383. The minimum atomic E-state index is -0.243. The number of rotatable bonds is 8. The minimum absolute atomic E-state index is 0.0806. The Morgan fingerprint density at radius 2 is 1.94 bits per heavy atom. The quantitative estimate of drug-likeness (QED) is 0.308. The van der Waals surface area contributed by atoms with E-state index in [-0.39, 0.29) is 17.2 Å². The highest BCUT2D eigenvalue weighted by atomic mass is 32.2. The third-order valence-electron chi connectivity index (χ3n) is 4.73.